The molecule has 0 spiro atoms. The van der Waals surface area contributed by atoms with Crippen LogP contribution in [0.3, 0.4) is 0 Å². The molecule has 1 N–H and O–H groups in total. The third kappa shape index (κ3) is 6.94. The van der Waals surface area contributed by atoms with Gasteiger partial charge >= 0.3 is 5.97 Å². The van der Waals surface area contributed by atoms with E-state index >= 15 is 0 Å². The Labute approximate surface area is 239 Å². The van der Waals surface area contributed by atoms with Crippen LogP contribution < -0.4 is 14.4 Å². The molecule has 0 unspecified atom stereocenters. The first-order valence-corrected chi connectivity index (χ1v) is 13.8. The van der Waals surface area contributed by atoms with Gasteiger partial charge in [-0.05, 0) is 24.1 Å². The Bertz CT molecular complexity index is 1390. The molecule has 4 aromatic rings. The predicted octanol–water partition coefficient (Wildman–Crippen LogP) is 5.57. The van der Waals surface area contributed by atoms with Gasteiger partial charge in [-0.1, -0.05) is 72.3 Å². The normalized spacial score (nSPS) is 13.7. The maximum atomic E-state index is 11.9. The largest absolute Gasteiger partial charge is 0.488 e. The van der Waals surface area contributed by atoms with Gasteiger partial charge in [0.05, 0.1) is 23.9 Å². The molecule has 1 aliphatic heterocycles. The number of aromatic nitrogens is 2. The molecule has 1 fully saturated rings. The quantitative estimate of drug-likeness (QED) is 0.240. The summed E-state index contributed by atoms with van der Waals surface area (Å²) in [5.74, 6) is 0.983. The Morgan fingerprint density at radius 2 is 1.52 bits per heavy atom. The van der Waals surface area contributed by atoms with Crippen LogP contribution in [0.5, 0.6) is 11.5 Å². The van der Waals surface area contributed by atoms with Crippen molar-refractivity contribution in [2.24, 2.45) is 0 Å². The molecule has 208 valence electrons. The second-order valence-electron chi connectivity index (χ2n) is 9.51. The number of anilines is 1. The van der Waals surface area contributed by atoms with Crippen LogP contribution in [0.4, 0.5) is 5.69 Å². The number of halogens is 1. The summed E-state index contributed by atoms with van der Waals surface area (Å²) in [6.07, 6.45) is 1.89. The number of esters is 1. The molecule has 0 aliphatic carbocycles. The molecule has 0 atom stereocenters. The smallest absolute Gasteiger partial charge is 0.320 e. The Morgan fingerprint density at radius 1 is 0.900 bits per heavy atom. The Kier molecular flexibility index (Phi) is 9.21. The summed E-state index contributed by atoms with van der Waals surface area (Å²) in [5, 5.41) is 8.10. The summed E-state index contributed by atoms with van der Waals surface area (Å²) in [4.78, 5) is 16.3. The van der Waals surface area contributed by atoms with Crippen LogP contribution in [0.2, 0.25) is 5.02 Å². The van der Waals surface area contributed by atoms with E-state index in [1.165, 1.54) is 0 Å². The minimum Gasteiger partial charge on any atom is -0.488 e. The molecule has 0 bridgehead atoms. The van der Waals surface area contributed by atoms with E-state index in [1.54, 1.807) is 0 Å². The minimum absolute atomic E-state index is 0.190. The first-order valence-electron chi connectivity index (χ1n) is 13.4. The van der Waals surface area contributed by atoms with Crippen molar-refractivity contribution in [3.8, 4) is 22.8 Å². The highest BCUT2D eigenvalue weighted by atomic mass is 35.5. The van der Waals surface area contributed by atoms with Crippen molar-refractivity contribution in [3.63, 3.8) is 0 Å². The zero-order valence-corrected chi connectivity index (χ0v) is 23.3. The number of ether oxygens (including phenoxy) is 3. The third-order valence-electron chi connectivity index (χ3n) is 6.75. The van der Waals surface area contributed by atoms with Gasteiger partial charge in [-0.15, -0.1) is 0 Å². The van der Waals surface area contributed by atoms with Crippen molar-refractivity contribution < 1.29 is 19.0 Å². The highest BCUT2D eigenvalue weighted by molar-refractivity contribution is 6.32. The summed E-state index contributed by atoms with van der Waals surface area (Å²) < 4.78 is 17.6. The van der Waals surface area contributed by atoms with Gasteiger partial charge in [0.1, 0.15) is 30.4 Å². The molecule has 1 aliphatic rings. The lowest BCUT2D eigenvalue weighted by molar-refractivity contribution is -0.144. The molecule has 5 rings (SSSR count). The molecule has 0 saturated carbocycles. The van der Waals surface area contributed by atoms with Crippen molar-refractivity contribution in [2.75, 3.05) is 44.2 Å². The number of carbonyl (C=O) groups is 1. The molecule has 9 heteroatoms. The van der Waals surface area contributed by atoms with Gasteiger partial charge in [0.15, 0.2) is 0 Å². The highest BCUT2D eigenvalue weighted by Gasteiger charge is 2.25. The highest BCUT2D eigenvalue weighted by Crippen LogP contribution is 2.42. The topological polar surface area (TPSA) is 79.9 Å². The van der Waals surface area contributed by atoms with E-state index in [4.69, 9.17) is 25.8 Å². The molecular formula is C31H33ClN4O4. The van der Waals surface area contributed by atoms with E-state index in [-0.39, 0.29) is 5.97 Å². The fraction of sp³-hybridized carbons (Fsp3) is 0.290. The average molecular weight is 561 g/mol. The molecular weight excluding hydrogens is 528 g/mol. The predicted molar refractivity (Wildman–Crippen MR) is 156 cm³/mol. The molecule has 2 heterocycles. The second-order valence-corrected chi connectivity index (χ2v) is 9.92. The Morgan fingerprint density at radius 3 is 2.15 bits per heavy atom. The Hall–Kier alpha value is -4.01. The summed E-state index contributed by atoms with van der Waals surface area (Å²) in [6.45, 7) is 6.28. The number of hydrogen-bond donors (Lipinski definition) is 1. The lowest BCUT2D eigenvalue weighted by atomic mass is 10.1. The zero-order chi connectivity index (χ0) is 27.7. The number of hydrogen-bond acceptors (Lipinski definition) is 7. The van der Waals surface area contributed by atoms with E-state index in [0.717, 1.165) is 54.3 Å². The number of aromatic amines is 1. The van der Waals surface area contributed by atoms with Gasteiger partial charge in [0.25, 0.3) is 0 Å². The van der Waals surface area contributed by atoms with E-state index in [0.29, 0.717) is 42.9 Å². The van der Waals surface area contributed by atoms with Gasteiger partial charge in [0, 0.05) is 44.0 Å². The SMILES string of the molecule is CCOC(=O)CN1CCN(c2c[nH]nc2-c2cc(Cl)c(OCc3ccccc3)cc2OCc2ccccc2)CC1. The fourth-order valence-corrected chi connectivity index (χ4v) is 4.90. The number of nitrogens with one attached hydrogen (secondary N) is 1. The van der Waals surface area contributed by atoms with Crippen molar-refractivity contribution in [3.05, 3.63) is 95.1 Å². The molecule has 3 aromatic carbocycles. The summed E-state index contributed by atoms with van der Waals surface area (Å²) in [6, 6.07) is 23.7. The first kappa shape index (κ1) is 27.6. The summed E-state index contributed by atoms with van der Waals surface area (Å²) >= 11 is 6.75. The van der Waals surface area contributed by atoms with E-state index in [9.17, 15) is 4.79 Å². The van der Waals surface area contributed by atoms with Gasteiger partial charge in [0.2, 0.25) is 0 Å². The van der Waals surface area contributed by atoms with Crippen LogP contribution in [0.1, 0.15) is 18.1 Å². The number of benzene rings is 3. The maximum Gasteiger partial charge on any atom is 0.320 e. The van der Waals surface area contributed by atoms with Gasteiger partial charge in [-0.3, -0.25) is 14.8 Å². The monoisotopic (exact) mass is 560 g/mol. The maximum absolute atomic E-state index is 11.9. The van der Waals surface area contributed by atoms with Crippen LogP contribution in [0.15, 0.2) is 79.0 Å². The van der Waals surface area contributed by atoms with Gasteiger partial charge < -0.3 is 19.1 Å². The van der Waals surface area contributed by atoms with Crippen molar-refractivity contribution in [1.82, 2.24) is 15.1 Å². The molecule has 0 amide bonds. The molecule has 0 radical (unpaired) electrons. The number of H-pyrrole nitrogens is 1. The van der Waals surface area contributed by atoms with Gasteiger partial charge in [-0.2, -0.15) is 5.10 Å². The molecule has 1 saturated heterocycles. The van der Waals surface area contributed by atoms with Crippen LogP contribution in [0.25, 0.3) is 11.3 Å². The van der Waals surface area contributed by atoms with Crippen molar-refractivity contribution >= 4 is 23.3 Å². The number of carbonyl (C=O) groups excluding carboxylic acids is 1. The second kappa shape index (κ2) is 13.4. The summed E-state index contributed by atoms with van der Waals surface area (Å²) in [5.41, 5.74) is 4.58. The van der Waals surface area contributed by atoms with Crippen molar-refractivity contribution in [2.45, 2.75) is 20.1 Å². The summed E-state index contributed by atoms with van der Waals surface area (Å²) in [7, 11) is 0. The lowest BCUT2D eigenvalue weighted by Gasteiger charge is -2.35. The minimum atomic E-state index is -0.190. The van der Waals surface area contributed by atoms with E-state index in [1.807, 2.05) is 85.9 Å². The molecule has 40 heavy (non-hydrogen) atoms. The fourth-order valence-electron chi connectivity index (χ4n) is 4.68. The average Bonchev–Trinajstić information content (AvgIpc) is 3.47. The van der Waals surface area contributed by atoms with Gasteiger partial charge in [-0.25, -0.2) is 0 Å². The van der Waals surface area contributed by atoms with E-state index in [2.05, 4.69) is 20.0 Å². The van der Waals surface area contributed by atoms with Crippen LogP contribution in [-0.4, -0.2) is 60.4 Å². The lowest BCUT2D eigenvalue weighted by Crippen LogP contribution is -2.48. The van der Waals surface area contributed by atoms with Crippen molar-refractivity contribution in [1.29, 1.82) is 0 Å². The number of rotatable bonds is 11. The van der Waals surface area contributed by atoms with Crippen LogP contribution >= 0.6 is 11.6 Å². The number of piperazine rings is 1. The number of nitrogens with zero attached hydrogens (tertiary/aromatic N) is 3. The molecule has 8 nitrogen and oxygen atoms in total. The van der Waals surface area contributed by atoms with Crippen LogP contribution in [-0.2, 0) is 22.7 Å². The Balaban J connectivity index is 1.38. The zero-order valence-electron chi connectivity index (χ0n) is 22.5. The van der Waals surface area contributed by atoms with Crippen LogP contribution in [0, 0.1) is 0 Å². The first-order chi connectivity index (χ1) is 19.6. The standard InChI is InChI=1S/C31H33ClN4O4/c1-2-38-30(37)20-35-13-15-36(16-14-35)27-19-33-34-31(27)25-17-26(32)29(40-22-24-11-7-4-8-12-24)18-28(25)39-21-23-9-5-3-6-10-23/h3-12,17-19H,2,13-16,20-22H2,1H3,(H,33,34). The van der Waals surface area contributed by atoms with E-state index < -0.39 is 0 Å². The third-order valence-corrected chi connectivity index (χ3v) is 7.05. The molecule has 1 aromatic heterocycles.